The summed E-state index contributed by atoms with van der Waals surface area (Å²) in [6.45, 7) is 1.63. The number of rotatable bonds is 2. The van der Waals surface area contributed by atoms with Gasteiger partial charge in [-0.2, -0.15) is 0 Å². The maximum absolute atomic E-state index is 12.8. The van der Waals surface area contributed by atoms with Gasteiger partial charge in [-0.3, -0.25) is 0 Å². The van der Waals surface area contributed by atoms with Gasteiger partial charge in [-0.25, -0.2) is 8.42 Å². The highest BCUT2D eigenvalue weighted by atomic mass is 35.5. The van der Waals surface area contributed by atoms with Gasteiger partial charge in [0.25, 0.3) is 0 Å². The van der Waals surface area contributed by atoms with Crippen molar-refractivity contribution in [1.29, 1.82) is 0 Å². The van der Waals surface area contributed by atoms with Crippen LogP contribution in [0.5, 0.6) is 0 Å². The molecular formula is C17H15Cl2NO3S. The van der Waals surface area contributed by atoms with Gasteiger partial charge in [-0.1, -0.05) is 17.7 Å². The number of hydrogen-bond donors (Lipinski definition) is 1. The highest BCUT2D eigenvalue weighted by Crippen LogP contribution is 2.32. The van der Waals surface area contributed by atoms with Crippen molar-refractivity contribution in [3.05, 3.63) is 58.8 Å². The molecule has 0 saturated heterocycles. The third-order valence-corrected chi connectivity index (χ3v) is 6.08. The van der Waals surface area contributed by atoms with Crippen molar-refractivity contribution < 1.29 is 12.8 Å². The van der Waals surface area contributed by atoms with E-state index in [4.69, 9.17) is 16.0 Å². The molecule has 0 spiro atoms. The monoisotopic (exact) mass is 383 g/mol. The third kappa shape index (κ3) is 2.82. The minimum absolute atomic E-state index is 0. The van der Waals surface area contributed by atoms with Crippen LogP contribution >= 0.6 is 24.0 Å². The van der Waals surface area contributed by atoms with Crippen LogP contribution in [0, 0.1) is 0 Å². The molecule has 0 saturated carbocycles. The molecule has 126 valence electrons. The minimum atomic E-state index is -3.61. The number of sulfone groups is 1. The standard InChI is InChI=1S/C17H14ClNO3S.ClH/c18-11-2-1-3-12(8-11)23(20,21)13-4-5-14-15-10-19-7-6-16(15)22-17(14)9-13;/h1-5,8-9,19H,6-7,10H2;1H. The molecule has 0 atom stereocenters. The zero-order chi connectivity index (χ0) is 16.0. The van der Waals surface area contributed by atoms with Crippen LogP contribution in [-0.4, -0.2) is 15.0 Å². The summed E-state index contributed by atoms with van der Waals surface area (Å²) in [5.41, 5.74) is 1.74. The number of hydrogen-bond acceptors (Lipinski definition) is 4. The fourth-order valence-corrected chi connectivity index (χ4v) is 4.51. The third-order valence-electron chi connectivity index (χ3n) is 4.10. The highest BCUT2D eigenvalue weighted by molar-refractivity contribution is 7.91. The van der Waals surface area contributed by atoms with Crippen molar-refractivity contribution in [3.8, 4) is 0 Å². The lowest BCUT2D eigenvalue weighted by atomic mass is 10.1. The van der Waals surface area contributed by atoms with Crippen LogP contribution in [0.1, 0.15) is 11.3 Å². The molecule has 0 aliphatic carbocycles. The van der Waals surface area contributed by atoms with Gasteiger partial charge in [0.2, 0.25) is 9.84 Å². The van der Waals surface area contributed by atoms with Crippen molar-refractivity contribution >= 4 is 44.8 Å². The molecule has 4 rings (SSSR count). The Kier molecular flexibility index (Phi) is 4.62. The Morgan fingerprint density at radius 3 is 2.67 bits per heavy atom. The van der Waals surface area contributed by atoms with Gasteiger partial charge in [0.05, 0.1) is 9.79 Å². The van der Waals surface area contributed by atoms with Crippen molar-refractivity contribution in [1.82, 2.24) is 5.32 Å². The van der Waals surface area contributed by atoms with Gasteiger partial charge < -0.3 is 9.73 Å². The molecule has 2 aromatic carbocycles. The van der Waals surface area contributed by atoms with E-state index in [1.54, 1.807) is 30.3 Å². The van der Waals surface area contributed by atoms with Gasteiger partial charge in [0.1, 0.15) is 11.3 Å². The molecule has 1 aliphatic rings. The maximum atomic E-state index is 12.8. The molecule has 0 unspecified atom stereocenters. The van der Waals surface area contributed by atoms with Crippen LogP contribution in [0.3, 0.4) is 0 Å². The summed E-state index contributed by atoms with van der Waals surface area (Å²) < 4.78 is 31.4. The maximum Gasteiger partial charge on any atom is 0.206 e. The van der Waals surface area contributed by atoms with E-state index in [2.05, 4.69) is 5.32 Å². The van der Waals surface area contributed by atoms with Gasteiger partial charge >= 0.3 is 0 Å². The lowest BCUT2D eigenvalue weighted by molar-refractivity contribution is 0.500. The predicted octanol–water partition coefficient (Wildman–Crippen LogP) is 3.99. The average molecular weight is 384 g/mol. The second-order valence-corrected chi connectivity index (χ2v) is 7.94. The lowest BCUT2D eigenvalue weighted by Gasteiger charge is -2.10. The summed E-state index contributed by atoms with van der Waals surface area (Å²) >= 11 is 5.91. The zero-order valence-electron chi connectivity index (χ0n) is 12.6. The van der Waals surface area contributed by atoms with Crippen molar-refractivity contribution in [2.75, 3.05) is 6.54 Å². The first-order chi connectivity index (χ1) is 11.1. The molecule has 4 nitrogen and oxygen atoms in total. The molecule has 24 heavy (non-hydrogen) atoms. The van der Waals surface area contributed by atoms with E-state index >= 15 is 0 Å². The van der Waals surface area contributed by atoms with E-state index in [0.717, 1.165) is 36.2 Å². The summed E-state index contributed by atoms with van der Waals surface area (Å²) in [7, 11) is -3.61. The van der Waals surface area contributed by atoms with Crippen LogP contribution in [0.2, 0.25) is 5.02 Å². The van der Waals surface area contributed by atoms with Gasteiger partial charge in [-0.05, 0) is 30.3 Å². The van der Waals surface area contributed by atoms with Gasteiger partial charge in [0.15, 0.2) is 0 Å². The molecule has 1 aliphatic heterocycles. The van der Waals surface area contributed by atoms with Crippen LogP contribution in [0.25, 0.3) is 11.0 Å². The fraction of sp³-hybridized carbons (Fsp3) is 0.176. The first kappa shape index (κ1) is 17.3. The topological polar surface area (TPSA) is 59.3 Å². The summed E-state index contributed by atoms with van der Waals surface area (Å²) in [6.07, 6.45) is 0.820. The van der Waals surface area contributed by atoms with Crippen molar-refractivity contribution in [2.24, 2.45) is 0 Å². The second-order valence-electron chi connectivity index (χ2n) is 5.55. The molecule has 0 fully saturated rings. The number of halogens is 2. The van der Waals surface area contributed by atoms with E-state index in [-0.39, 0.29) is 22.2 Å². The largest absolute Gasteiger partial charge is 0.461 e. The first-order valence-corrected chi connectivity index (χ1v) is 9.17. The Balaban J connectivity index is 0.00000169. The SMILES string of the molecule is Cl.O=S(=O)(c1cccc(Cl)c1)c1ccc2c3c(oc2c1)CCNC3. The number of fused-ring (bicyclic) bond motifs is 3. The van der Waals surface area contributed by atoms with Crippen molar-refractivity contribution in [2.45, 2.75) is 22.8 Å². The summed E-state index contributed by atoms with van der Waals surface area (Å²) in [6, 6.07) is 11.3. The molecule has 0 radical (unpaired) electrons. The van der Waals surface area contributed by atoms with Gasteiger partial charge in [0, 0.05) is 41.5 Å². The first-order valence-electron chi connectivity index (χ1n) is 7.31. The summed E-state index contributed by atoms with van der Waals surface area (Å²) in [4.78, 5) is 0.397. The van der Waals surface area contributed by atoms with E-state index in [1.165, 1.54) is 6.07 Å². The minimum Gasteiger partial charge on any atom is -0.461 e. The molecular weight excluding hydrogens is 369 g/mol. The zero-order valence-corrected chi connectivity index (χ0v) is 15.0. The van der Waals surface area contributed by atoms with E-state index in [1.807, 2.05) is 6.07 Å². The number of benzene rings is 2. The van der Waals surface area contributed by atoms with Crippen LogP contribution < -0.4 is 5.32 Å². The second kappa shape index (κ2) is 6.41. The summed E-state index contributed by atoms with van der Waals surface area (Å²) in [5.74, 6) is 0.941. The fourth-order valence-electron chi connectivity index (χ4n) is 2.93. The highest BCUT2D eigenvalue weighted by Gasteiger charge is 2.22. The quantitative estimate of drug-likeness (QED) is 0.726. The Morgan fingerprint density at radius 2 is 1.88 bits per heavy atom. The molecule has 1 aromatic heterocycles. The molecule has 3 aromatic rings. The Labute approximate surface area is 151 Å². The summed E-state index contributed by atoms with van der Waals surface area (Å²) in [5, 5.41) is 4.67. The predicted molar refractivity (Wildman–Crippen MR) is 95.8 cm³/mol. The van der Waals surface area contributed by atoms with Crippen LogP contribution in [0.4, 0.5) is 0 Å². The Bertz CT molecular complexity index is 1010. The average Bonchev–Trinajstić information content (AvgIpc) is 2.92. The lowest BCUT2D eigenvalue weighted by Crippen LogP contribution is -2.22. The number of nitrogens with one attached hydrogen (secondary N) is 1. The van der Waals surface area contributed by atoms with E-state index in [9.17, 15) is 8.42 Å². The molecule has 2 heterocycles. The normalized spacial score (nSPS) is 14.2. The molecule has 0 amide bonds. The number of furan rings is 1. The Hall–Kier alpha value is -1.53. The smallest absolute Gasteiger partial charge is 0.206 e. The molecule has 0 bridgehead atoms. The van der Waals surface area contributed by atoms with Gasteiger partial charge in [-0.15, -0.1) is 12.4 Å². The van der Waals surface area contributed by atoms with E-state index in [0.29, 0.717) is 10.6 Å². The van der Waals surface area contributed by atoms with E-state index < -0.39 is 9.84 Å². The molecule has 1 N–H and O–H groups in total. The molecule has 7 heteroatoms. The van der Waals surface area contributed by atoms with Crippen LogP contribution in [0.15, 0.2) is 56.7 Å². The van der Waals surface area contributed by atoms with Crippen LogP contribution in [-0.2, 0) is 22.8 Å². The van der Waals surface area contributed by atoms with Crippen molar-refractivity contribution in [3.63, 3.8) is 0 Å². The Morgan fingerprint density at radius 1 is 1.08 bits per heavy atom.